The van der Waals surface area contributed by atoms with Crippen molar-refractivity contribution in [2.75, 3.05) is 13.6 Å². The van der Waals surface area contributed by atoms with Crippen LogP contribution in [0.3, 0.4) is 0 Å². The highest BCUT2D eigenvalue weighted by atomic mass is 14.8. The van der Waals surface area contributed by atoms with Crippen LogP contribution in [0.2, 0.25) is 0 Å². The van der Waals surface area contributed by atoms with Gasteiger partial charge < -0.3 is 5.32 Å². The van der Waals surface area contributed by atoms with E-state index >= 15 is 0 Å². The van der Waals surface area contributed by atoms with E-state index < -0.39 is 0 Å². The minimum absolute atomic E-state index is 0.876. The normalized spacial score (nSPS) is 12.3. The molecule has 1 atom stereocenters. The largest absolute Gasteiger partial charge is 0.320 e. The summed E-state index contributed by atoms with van der Waals surface area (Å²) < 4.78 is 0. The first-order chi connectivity index (χ1) is 19.6. The molecule has 0 saturated heterocycles. The Labute approximate surface area is 255 Å². The van der Waals surface area contributed by atoms with Crippen LogP contribution in [0.1, 0.15) is 201 Å². The molecule has 1 N–H and O–H groups in total. The van der Waals surface area contributed by atoms with Gasteiger partial charge in [0.1, 0.15) is 0 Å². The van der Waals surface area contributed by atoms with Crippen LogP contribution >= 0.6 is 0 Å². The fraction of sp³-hybridized carbons (Fsp3) is 0.897. The van der Waals surface area contributed by atoms with Crippen molar-refractivity contribution < 1.29 is 0 Å². The van der Waals surface area contributed by atoms with E-state index in [1.165, 1.54) is 191 Å². The van der Waals surface area contributed by atoms with Gasteiger partial charge in [0.05, 0.1) is 0 Å². The average Bonchev–Trinajstić information content (AvgIpc) is 2.94. The van der Waals surface area contributed by atoms with Crippen molar-refractivity contribution in [2.45, 2.75) is 201 Å². The van der Waals surface area contributed by atoms with Gasteiger partial charge in [-0.1, -0.05) is 180 Å². The minimum atomic E-state index is 0.876. The van der Waals surface area contributed by atoms with Gasteiger partial charge in [-0.2, -0.15) is 0 Å². The van der Waals surface area contributed by atoms with E-state index in [0.717, 1.165) is 18.4 Å². The molecule has 40 heavy (non-hydrogen) atoms. The van der Waals surface area contributed by atoms with E-state index in [9.17, 15) is 0 Å². The van der Waals surface area contributed by atoms with E-state index in [-0.39, 0.29) is 0 Å². The molecule has 0 radical (unpaired) electrons. The molecule has 0 fully saturated rings. The maximum atomic E-state index is 4.45. The molecule has 0 saturated carbocycles. The van der Waals surface area contributed by atoms with Gasteiger partial charge in [-0.15, -0.1) is 0 Å². The van der Waals surface area contributed by atoms with Crippen molar-refractivity contribution in [2.24, 2.45) is 11.8 Å². The summed E-state index contributed by atoms with van der Waals surface area (Å²) in [5.74, 6) is 1.85. The van der Waals surface area contributed by atoms with Crippen LogP contribution in [0.4, 0.5) is 0 Å². The number of unbranched alkanes of at least 4 members (excludes halogenated alkanes) is 13. The number of rotatable bonds is 33. The summed E-state index contributed by atoms with van der Waals surface area (Å²) in [6, 6.07) is 0. The lowest BCUT2D eigenvalue weighted by atomic mass is 9.88. The van der Waals surface area contributed by atoms with Gasteiger partial charge in [0.2, 0.25) is 0 Å². The standard InChI is InChI=1S/C39H77N/c1-7-10-13-14-17-22-31-39(35-37(5)28-25-34-40-6)32-23-18-15-16-21-26-36(4)27-24-33-38(29-19-11-8-2)30-20-12-9-3/h38-40H,4-5,7-35H2,1-3,6H3. The lowest BCUT2D eigenvalue weighted by Crippen LogP contribution is -2.08. The van der Waals surface area contributed by atoms with E-state index in [2.05, 4.69) is 46.3 Å². The first kappa shape index (κ1) is 39.4. The summed E-state index contributed by atoms with van der Waals surface area (Å²) in [6.45, 7) is 17.0. The van der Waals surface area contributed by atoms with Gasteiger partial charge in [-0.25, -0.2) is 0 Å². The monoisotopic (exact) mass is 560 g/mol. The average molecular weight is 560 g/mol. The third kappa shape index (κ3) is 27.6. The van der Waals surface area contributed by atoms with Gasteiger partial charge in [0, 0.05) is 0 Å². The Morgan fingerprint density at radius 1 is 0.450 bits per heavy atom. The quantitative estimate of drug-likeness (QED) is 0.0622. The lowest BCUT2D eigenvalue weighted by Gasteiger charge is -2.19. The molecule has 0 aliphatic heterocycles. The SMILES string of the molecule is C=C(CCCCCCCC(CCCCCCCC)CC(=C)CCCNC)CCCC(CCCCC)CCCCC. The second-order valence-corrected chi connectivity index (χ2v) is 13.4. The molecular formula is C39H77N. The lowest BCUT2D eigenvalue weighted by molar-refractivity contribution is 0.376. The molecule has 0 amide bonds. The Morgan fingerprint density at radius 2 is 0.850 bits per heavy atom. The zero-order chi connectivity index (χ0) is 29.5. The van der Waals surface area contributed by atoms with E-state index in [0.29, 0.717) is 0 Å². The molecule has 0 bridgehead atoms. The van der Waals surface area contributed by atoms with E-state index in [1.54, 1.807) is 0 Å². The summed E-state index contributed by atoms with van der Waals surface area (Å²) >= 11 is 0. The molecule has 0 rings (SSSR count). The zero-order valence-corrected chi connectivity index (χ0v) is 28.6. The molecular weight excluding hydrogens is 482 g/mol. The zero-order valence-electron chi connectivity index (χ0n) is 28.6. The highest BCUT2D eigenvalue weighted by Gasteiger charge is 2.11. The maximum absolute atomic E-state index is 4.45. The fourth-order valence-electron chi connectivity index (χ4n) is 6.49. The Hall–Kier alpha value is -0.560. The maximum Gasteiger partial charge on any atom is -0.00489 e. The predicted octanol–water partition coefficient (Wildman–Crippen LogP) is 13.5. The Kier molecular flexibility index (Phi) is 30.9. The fourth-order valence-corrected chi connectivity index (χ4v) is 6.49. The number of allylic oxidation sites excluding steroid dienone is 2. The molecule has 1 nitrogen and oxygen atoms in total. The van der Waals surface area contributed by atoms with Gasteiger partial charge in [0.15, 0.2) is 0 Å². The van der Waals surface area contributed by atoms with Crippen LogP contribution in [-0.2, 0) is 0 Å². The van der Waals surface area contributed by atoms with Gasteiger partial charge in [0.25, 0.3) is 0 Å². The molecule has 238 valence electrons. The third-order valence-electron chi connectivity index (χ3n) is 9.22. The van der Waals surface area contributed by atoms with Crippen LogP contribution in [0.25, 0.3) is 0 Å². The number of nitrogens with one attached hydrogen (secondary N) is 1. The second-order valence-electron chi connectivity index (χ2n) is 13.4. The number of hydrogen-bond acceptors (Lipinski definition) is 1. The molecule has 0 aliphatic carbocycles. The van der Waals surface area contributed by atoms with Crippen LogP contribution in [0.15, 0.2) is 24.3 Å². The summed E-state index contributed by atoms with van der Waals surface area (Å²) in [5, 5.41) is 3.28. The van der Waals surface area contributed by atoms with Crippen molar-refractivity contribution in [1.29, 1.82) is 0 Å². The second kappa shape index (κ2) is 31.4. The Balaban J connectivity index is 4.08. The van der Waals surface area contributed by atoms with Crippen LogP contribution in [-0.4, -0.2) is 13.6 Å². The van der Waals surface area contributed by atoms with Crippen LogP contribution in [0.5, 0.6) is 0 Å². The smallest absolute Gasteiger partial charge is 0.00489 e. The summed E-state index contributed by atoms with van der Waals surface area (Å²) in [7, 11) is 2.06. The highest BCUT2D eigenvalue weighted by Crippen LogP contribution is 2.27. The Morgan fingerprint density at radius 3 is 1.43 bits per heavy atom. The number of hydrogen-bond donors (Lipinski definition) is 1. The van der Waals surface area contributed by atoms with E-state index in [1.807, 2.05) is 0 Å². The molecule has 0 aliphatic rings. The summed E-state index contributed by atoms with van der Waals surface area (Å²) in [4.78, 5) is 0. The molecule has 1 heteroatoms. The molecule has 1 unspecified atom stereocenters. The van der Waals surface area contributed by atoms with Gasteiger partial charge in [-0.3, -0.25) is 0 Å². The van der Waals surface area contributed by atoms with Gasteiger partial charge >= 0.3 is 0 Å². The first-order valence-corrected chi connectivity index (χ1v) is 18.5. The summed E-state index contributed by atoms with van der Waals surface area (Å²) in [5.41, 5.74) is 3.02. The Bertz CT molecular complexity index is 525. The highest BCUT2D eigenvalue weighted by molar-refractivity contribution is 4.96. The molecule has 0 aromatic rings. The van der Waals surface area contributed by atoms with Crippen molar-refractivity contribution in [3.63, 3.8) is 0 Å². The predicted molar refractivity (Wildman–Crippen MR) is 185 cm³/mol. The molecule has 0 heterocycles. The van der Waals surface area contributed by atoms with Gasteiger partial charge in [-0.05, 0) is 70.4 Å². The summed E-state index contributed by atoms with van der Waals surface area (Å²) in [6.07, 6.45) is 38.8. The van der Waals surface area contributed by atoms with Crippen LogP contribution in [0, 0.1) is 11.8 Å². The topological polar surface area (TPSA) is 12.0 Å². The first-order valence-electron chi connectivity index (χ1n) is 18.5. The van der Waals surface area contributed by atoms with Crippen molar-refractivity contribution in [1.82, 2.24) is 5.32 Å². The van der Waals surface area contributed by atoms with E-state index in [4.69, 9.17) is 0 Å². The van der Waals surface area contributed by atoms with Crippen LogP contribution < -0.4 is 5.32 Å². The molecule has 0 aromatic heterocycles. The minimum Gasteiger partial charge on any atom is -0.320 e. The molecule has 0 aromatic carbocycles. The van der Waals surface area contributed by atoms with Crippen molar-refractivity contribution >= 4 is 0 Å². The van der Waals surface area contributed by atoms with Crippen molar-refractivity contribution in [3.8, 4) is 0 Å². The third-order valence-corrected chi connectivity index (χ3v) is 9.22. The van der Waals surface area contributed by atoms with Crippen molar-refractivity contribution in [3.05, 3.63) is 24.3 Å². The molecule has 0 spiro atoms.